The molecule has 4 heteroatoms. The van der Waals surface area contributed by atoms with Crippen molar-refractivity contribution in [1.29, 1.82) is 0 Å². The Balaban J connectivity index is 1.55. The van der Waals surface area contributed by atoms with Crippen LogP contribution in [0.15, 0.2) is 48.5 Å². The number of fused-ring (bicyclic) bond motifs is 1. The molecule has 1 aliphatic rings. The second kappa shape index (κ2) is 7.49. The molecule has 1 unspecified atom stereocenters. The van der Waals surface area contributed by atoms with Gasteiger partial charge in [-0.15, -0.1) is 0 Å². The summed E-state index contributed by atoms with van der Waals surface area (Å²) in [6.07, 6.45) is 1.58. The van der Waals surface area contributed by atoms with E-state index in [1.165, 1.54) is 17.7 Å². The Kier molecular flexibility index (Phi) is 5.16. The molecule has 0 saturated heterocycles. The lowest BCUT2D eigenvalue weighted by Gasteiger charge is -2.27. The maximum absolute atomic E-state index is 12.1. The molecule has 2 N–H and O–H groups in total. The van der Waals surface area contributed by atoms with E-state index in [2.05, 4.69) is 35.5 Å². The van der Waals surface area contributed by atoms with Gasteiger partial charge in [0.1, 0.15) is 0 Å². The van der Waals surface area contributed by atoms with E-state index in [0.29, 0.717) is 6.54 Å². The third kappa shape index (κ3) is 3.95. The van der Waals surface area contributed by atoms with E-state index in [1.807, 2.05) is 30.3 Å². The first-order chi connectivity index (χ1) is 11.6. The monoisotopic (exact) mass is 324 g/mol. The van der Waals surface area contributed by atoms with Crippen molar-refractivity contribution in [3.8, 4) is 0 Å². The number of benzene rings is 2. The highest BCUT2D eigenvalue weighted by Gasteiger charge is 2.15. The van der Waals surface area contributed by atoms with Crippen LogP contribution in [0.1, 0.15) is 35.6 Å². The molecular weight excluding hydrogens is 300 g/mol. The Morgan fingerprint density at radius 3 is 2.83 bits per heavy atom. The van der Waals surface area contributed by atoms with E-state index in [9.17, 15) is 9.90 Å². The number of aryl methyl sites for hydroxylation is 1. The van der Waals surface area contributed by atoms with Gasteiger partial charge in [-0.25, -0.2) is 0 Å². The highest BCUT2D eigenvalue weighted by molar-refractivity contribution is 5.76. The molecule has 0 fully saturated rings. The zero-order valence-electron chi connectivity index (χ0n) is 14.0. The lowest BCUT2D eigenvalue weighted by atomic mass is 9.99. The zero-order valence-corrected chi connectivity index (χ0v) is 14.0. The molecule has 0 aliphatic carbocycles. The van der Waals surface area contributed by atoms with Crippen LogP contribution in [0.2, 0.25) is 0 Å². The highest BCUT2D eigenvalue weighted by Crippen LogP contribution is 2.26. The van der Waals surface area contributed by atoms with Crippen LogP contribution in [0, 0.1) is 0 Å². The maximum Gasteiger partial charge on any atom is 0.223 e. The molecule has 2 aromatic carbocycles. The highest BCUT2D eigenvalue weighted by atomic mass is 16.3. The largest absolute Gasteiger partial charge is 0.388 e. The van der Waals surface area contributed by atoms with Crippen molar-refractivity contribution < 1.29 is 9.90 Å². The second-order valence-electron chi connectivity index (χ2n) is 6.40. The van der Waals surface area contributed by atoms with Crippen molar-refractivity contribution in [2.24, 2.45) is 0 Å². The smallest absolute Gasteiger partial charge is 0.223 e. The number of carbonyl (C=O) groups excluding carboxylic acids is 1. The van der Waals surface area contributed by atoms with Crippen LogP contribution < -0.4 is 10.2 Å². The van der Waals surface area contributed by atoms with Gasteiger partial charge in [-0.1, -0.05) is 42.5 Å². The standard InChI is InChI=1S/C20H24N2O2/c1-22-11-5-8-17-12-15(9-10-18(17)22)14-21-20(24)13-19(23)16-6-3-2-4-7-16/h2-4,6-7,9-10,12,19,23H,5,8,11,13-14H2,1H3,(H,21,24). The number of aliphatic hydroxyl groups excluding tert-OH is 1. The van der Waals surface area contributed by atoms with Gasteiger partial charge in [0.15, 0.2) is 0 Å². The average Bonchev–Trinajstić information content (AvgIpc) is 2.61. The molecule has 0 bridgehead atoms. The second-order valence-corrected chi connectivity index (χ2v) is 6.40. The predicted molar refractivity (Wildman–Crippen MR) is 95.9 cm³/mol. The molecule has 1 aliphatic heterocycles. The fraction of sp³-hybridized carbons (Fsp3) is 0.350. The van der Waals surface area contributed by atoms with Crippen LogP contribution in [-0.4, -0.2) is 24.6 Å². The van der Waals surface area contributed by atoms with Gasteiger partial charge in [0.05, 0.1) is 12.5 Å². The van der Waals surface area contributed by atoms with Gasteiger partial charge in [0.2, 0.25) is 5.91 Å². The lowest BCUT2D eigenvalue weighted by Crippen LogP contribution is -2.26. The number of rotatable bonds is 5. The topological polar surface area (TPSA) is 52.6 Å². The Morgan fingerprint density at radius 2 is 2.04 bits per heavy atom. The first-order valence-electron chi connectivity index (χ1n) is 8.46. The van der Waals surface area contributed by atoms with Crippen molar-refractivity contribution in [3.05, 3.63) is 65.2 Å². The van der Waals surface area contributed by atoms with Gasteiger partial charge in [0.25, 0.3) is 0 Å². The SMILES string of the molecule is CN1CCCc2cc(CNC(=O)CC(O)c3ccccc3)ccc21. The summed E-state index contributed by atoms with van der Waals surface area (Å²) in [5.74, 6) is -0.138. The van der Waals surface area contributed by atoms with Crippen molar-refractivity contribution in [3.63, 3.8) is 0 Å². The van der Waals surface area contributed by atoms with Crippen LogP contribution in [0.5, 0.6) is 0 Å². The van der Waals surface area contributed by atoms with E-state index in [0.717, 1.165) is 24.1 Å². The molecule has 3 rings (SSSR count). The Labute approximate surface area is 143 Å². The Bertz CT molecular complexity index is 700. The summed E-state index contributed by atoms with van der Waals surface area (Å²) in [4.78, 5) is 14.3. The number of anilines is 1. The summed E-state index contributed by atoms with van der Waals surface area (Å²) < 4.78 is 0. The van der Waals surface area contributed by atoms with E-state index < -0.39 is 6.10 Å². The number of hydrogen-bond acceptors (Lipinski definition) is 3. The van der Waals surface area contributed by atoms with Gasteiger partial charge < -0.3 is 15.3 Å². The van der Waals surface area contributed by atoms with Crippen molar-refractivity contribution in [2.75, 3.05) is 18.5 Å². The minimum absolute atomic E-state index is 0.0810. The number of nitrogens with one attached hydrogen (secondary N) is 1. The molecule has 0 saturated carbocycles. The molecule has 0 aromatic heterocycles. The summed E-state index contributed by atoms with van der Waals surface area (Å²) in [6.45, 7) is 1.60. The van der Waals surface area contributed by atoms with Gasteiger partial charge in [0, 0.05) is 25.8 Å². The minimum Gasteiger partial charge on any atom is -0.388 e. The van der Waals surface area contributed by atoms with Crippen LogP contribution in [0.4, 0.5) is 5.69 Å². The summed E-state index contributed by atoms with van der Waals surface area (Å²) >= 11 is 0. The predicted octanol–water partition coefficient (Wildman–Crippen LogP) is 2.81. The summed E-state index contributed by atoms with van der Waals surface area (Å²) in [7, 11) is 2.12. The van der Waals surface area contributed by atoms with Gasteiger partial charge in [-0.05, 0) is 35.6 Å². The number of amides is 1. The first-order valence-corrected chi connectivity index (χ1v) is 8.46. The zero-order chi connectivity index (χ0) is 16.9. The molecule has 1 atom stereocenters. The quantitative estimate of drug-likeness (QED) is 0.889. The van der Waals surface area contributed by atoms with E-state index in [-0.39, 0.29) is 12.3 Å². The average molecular weight is 324 g/mol. The summed E-state index contributed by atoms with van der Waals surface area (Å²) in [6, 6.07) is 15.7. The minimum atomic E-state index is -0.761. The number of nitrogens with zero attached hydrogens (tertiary/aromatic N) is 1. The van der Waals surface area contributed by atoms with E-state index in [1.54, 1.807) is 0 Å². The van der Waals surface area contributed by atoms with Crippen molar-refractivity contribution in [2.45, 2.75) is 31.9 Å². The molecule has 2 aromatic rings. The van der Waals surface area contributed by atoms with E-state index >= 15 is 0 Å². The molecule has 1 amide bonds. The van der Waals surface area contributed by atoms with Crippen LogP contribution in [0.3, 0.4) is 0 Å². The number of aliphatic hydroxyl groups is 1. The summed E-state index contributed by atoms with van der Waals surface area (Å²) in [5.41, 5.74) is 4.51. The lowest BCUT2D eigenvalue weighted by molar-refractivity contribution is -0.123. The Morgan fingerprint density at radius 1 is 1.25 bits per heavy atom. The maximum atomic E-state index is 12.1. The third-order valence-corrected chi connectivity index (χ3v) is 4.55. The third-order valence-electron chi connectivity index (χ3n) is 4.55. The van der Waals surface area contributed by atoms with E-state index in [4.69, 9.17) is 0 Å². The summed E-state index contributed by atoms with van der Waals surface area (Å²) in [5, 5.41) is 13.0. The molecular formula is C20H24N2O2. The van der Waals surface area contributed by atoms with Gasteiger partial charge in [-0.3, -0.25) is 4.79 Å². The Hall–Kier alpha value is -2.33. The number of carbonyl (C=O) groups is 1. The molecule has 24 heavy (non-hydrogen) atoms. The molecule has 4 nitrogen and oxygen atoms in total. The molecule has 0 spiro atoms. The van der Waals surface area contributed by atoms with Crippen LogP contribution in [-0.2, 0) is 17.8 Å². The molecule has 0 radical (unpaired) electrons. The normalized spacial score (nSPS) is 14.8. The number of hydrogen-bond donors (Lipinski definition) is 2. The van der Waals surface area contributed by atoms with Crippen molar-refractivity contribution in [1.82, 2.24) is 5.32 Å². The fourth-order valence-corrected chi connectivity index (χ4v) is 3.19. The van der Waals surface area contributed by atoms with Crippen LogP contribution >= 0.6 is 0 Å². The fourth-order valence-electron chi connectivity index (χ4n) is 3.19. The molecule has 126 valence electrons. The molecule has 1 heterocycles. The van der Waals surface area contributed by atoms with Crippen LogP contribution in [0.25, 0.3) is 0 Å². The van der Waals surface area contributed by atoms with Crippen molar-refractivity contribution >= 4 is 11.6 Å². The van der Waals surface area contributed by atoms with Gasteiger partial charge >= 0.3 is 0 Å². The first kappa shape index (κ1) is 16.5. The van der Waals surface area contributed by atoms with Gasteiger partial charge in [-0.2, -0.15) is 0 Å².